The molecule has 0 radical (unpaired) electrons. The topological polar surface area (TPSA) is 72.9 Å². The number of nitrogens with one attached hydrogen (secondary N) is 1. The second kappa shape index (κ2) is 11.9. The minimum atomic E-state index is -0.101. The van der Waals surface area contributed by atoms with Gasteiger partial charge in [-0.05, 0) is 41.8 Å². The number of unbranched alkanes of at least 4 members (excludes halogenated alkanes) is 2. The van der Waals surface area contributed by atoms with Crippen molar-refractivity contribution < 1.29 is 19.0 Å². The Morgan fingerprint density at radius 2 is 1.82 bits per heavy atom. The lowest BCUT2D eigenvalue weighted by Gasteiger charge is -2.22. The molecule has 0 fully saturated rings. The Labute approximate surface area is 204 Å². The van der Waals surface area contributed by atoms with E-state index in [2.05, 4.69) is 40.3 Å². The lowest BCUT2D eigenvalue weighted by atomic mass is 10.1. The van der Waals surface area contributed by atoms with E-state index in [9.17, 15) is 4.79 Å². The average Bonchev–Trinajstić information content (AvgIpc) is 3.51. The normalized spacial score (nSPS) is 12.2. The first-order chi connectivity index (χ1) is 16.6. The van der Waals surface area contributed by atoms with Crippen LogP contribution in [-0.2, 0) is 19.6 Å². The standard InChI is InChI=1S/C26H31N3O4S/c1-3-4-5-12-27-26(30)22-17-34-25(28-22)16-29(14-19-6-9-21(31-2)10-7-19)15-20-8-11-23-24(13-20)33-18-32-23/h6-11,13,17H,3-5,12,14-16,18H2,1-2H3,(H,27,30). The van der Waals surface area contributed by atoms with Crippen LogP contribution in [0.1, 0.15) is 52.8 Å². The van der Waals surface area contributed by atoms with E-state index in [0.717, 1.165) is 53.6 Å². The Morgan fingerprint density at radius 1 is 1.06 bits per heavy atom. The quantitative estimate of drug-likeness (QED) is 0.367. The van der Waals surface area contributed by atoms with Crippen LogP contribution in [-0.4, -0.2) is 36.2 Å². The minimum Gasteiger partial charge on any atom is -0.497 e. The number of carbonyl (C=O) groups excluding carboxylic acids is 1. The van der Waals surface area contributed by atoms with E-state index >= 15 is 0 Å². The van der Waals surface area contributed by atoms with Gasteiger partial charge in [0.2, 0.25) is 6.79 Å². The third-order valence-corrected chi connectivity index (χ3v) is 6.45. The highest BCUT2D eigenvalue weighted by molar-refractivity contribution is 7.09. The maximum absolute atomic E-state index is 12.4. The number of hydrogen-bond acceptors (Lipinski definition) is 7. The van der Waals surface area contributed by atoms with E-state index in [0.29, 0.717) is 25.3 Å². The molecule has 0 aliphatic carbocycles. The smallest absolute Gasteiger partial charge is 0.270 e. The molecule has 4 rings (SSSR count). The highest BCUT2D eigenvalue weighted by Crippen LogP contribution is 2.33. The van der Waals surface area contributed by atoms with Crippen molar-refractivity contribution in [3.05, 3.63) is 69.7 Å². The second-order valence-electron chi connectivity index (χ2n) is 8.27. The number of nitrogens with zero attached hydrogens (tertiary/aromatic N) is 2. The predicted molar refractivity (Wildman–Crippen MR) is 132 cm³/mol. The molecule has 180 valence electrons. The minimum absolute atomic E-state index is 0.101. The van der Waals surface area contributed by atoms with E-state index in [-0.39, 0.29) is 12.7 Å². The number of methoxy groups -OCH3 is 1. The molecule has 0 unspecified atom stereocenters. The number of fused-ring (bicyclic) bond motifs is 1. The zero-order valence-corrected chi connectivity index (χ0v) is 20.5. The Hall–Kier alpha value is -3.10. The van der Waals surface area contributed by atoms with Crippen LogP contribution in [0.25, 0.3) is 0 Å². The van der Waals surface area contributed by atoms with Gasteiger partial charge in [0.25, 0.3) is 5.91 Å². The SMILES string of the molecule is CCCCCNC(=O)c1csc(CN(Cc2ccc(OC)cc2)Cc2ccc3c(c2)OCO3)n1. The van der Waals surface area contributed by atoms with Gasteiger partial charge in [0.1, 0.15) is 16.5 Å². The van der Waals surface area contributed by atoms with Crippen LogP contribution in [0.2, 0.25) is 0 Å². The second-order valence-corrected chi connectivity index (χ2v) is 9.21. The van der Waals surface area contributed by atoms with E-state index in [1.165, 1.54) is 16.9 Å². The zero-order valence-electron chi connectivity index (χ0n) is 19.7. The summed E-state index contributed by atoms with van der Waals surface area (Å²) in [6.45, 7) is 5.17. The maximum atomic E-state index is 12.4. The van der Waals surface area contributed by atoms with Crippen molar-refractivity contribution in [3.8, 4) is 17.2 Å². The monoisotopic (exact) mass is 481 g/mol. The predicted octanol–water partition coefficient (Wildman–Crippen LogP) is 5.00. The fraction of sp³-hybridized carbons (Fsp3) is 0.385. The van der Waals surface area contributed by atoms with Crippen molar-refractivity contribution in [2.24, 2.45) is 0 Å². The van der Waals surface area contributed by atoms with Gasteiger partial charge in [-0.25, -0.2) is 4.98 Å². The molecule has 0 atom stereocenters. The number of thiazole rings is 1. The molecule has 2 aromatic carbocycles. The molecule has 34 heavy (non-hydrogen) atoms. The fourth-order valence-corrected chi connectivity index (χ4v) is 4.62. The summed E-state index contributed by atoms with van der Waals surface area (Å²) in [7, 11) is 1.67. The van der Waals surface area contributed by atoms with Gasteiger partial charge in [-0.15, -0.1) is 11.3 Å². The summed E-state index contributed by atoms with van der Waals surface area (Å²) in [6.07, 6.45) is 3.23. The third kappa shape index (κ3) is 6.48. The van der Waals surface area contributed by atoms with Crippen molar-refractivity contribution in [2.45, 2.75) is 45.8 Å². The van der Waals surface area contributed by atoms with Gasteiger partial charge in [0, 0.05) is 25.0 Å². The maximum Gasteiger partial charge on any atom is 0.270 e. The average molecular weight is 482 g/mol. The van der Waals surface area contributed by atoms with E-state index in [1.54, 1.807) is 7.11 Å². The summed E-state index contributed by atoms with van der Waals surface area (Å²) in [5.74, 6) is 2.29. The summed E-state index contributed by atoms with van der Waals surface area (Å²) in [6, 6.07) is 14.1. The van der Waals surface area contributed by atoms with Gasteiger partial charge in [0.15, 0.2) is 11.5 Å². The summed E-state index contributed by atoms with van der Waals surface area (Å²) in [4.78, 5) is 19.4. The largest absolute Gasteiger partial charge is 0.497 e. The molecule has 1 amide bonds. The first-order valence-electron chi connectivity index (χ1n) is 11.6. The number of rotatable bonds is 12. The number of amides is 1. The van der Waals surface area contributed by atoms with Crippen LogP contribution >= 0.6 is 11.3 Å². The first kappa shape index (κ1) is 24.0. The molecule has 0 saturated carbocycles. The van der Waals surface area contributed by atoms with Gasteiger partial charge in [-0.1, -0.05) is 38.0 Å². The van der Waals surface area contributed by atoms with Gasteiger partial charge in [0.05, 0.1) is 13.7 Å². The molecular formula is C26H31N3O4S. The van der Waals surface area contributed by atoms with E-state index < -0.39 is 0 Å². The Bertz CT molecular complexity index is 1080. The number of hydrogen-bond donors (Lipinski definition) is 1. The van der Waals surface area contributed by atoms with Gasteiger partial charge in [-0.3, -0.25) is 9.69 Å². The molecule has 0 bridgehead atoms. The zero-order chi connectivity index (χ0) is 23.8. The van der Waals surface area contributed by atoms with Gasteiger partial charge in [-0.2, -0.15) is 0 Å². The highest BCUT2D eigenvalue weighted by Gasteiger charge is 2.17. The summed E-state index contributed by atoms with van der Waals surface area (Å²) < 4.78 is 16.3. The molecule has 0 saturated heterocycles. The van der Waals surface area contributed by atoms with E-state index in [1.807, 2.05) is 29.6 Å². The van der Waals surface area contributed by atoms with Crippen LogP contribution < -0.4 is 19.5 Å². The van der Waals surface area contributed by atoms with Crippen LogP contribution in [0.4, 0.5) is 0 Å². The van der Waals surface area contributed by atoms with Crippen LogP contribution in [0.15, 0.2) is 47.8 Å². The van der Waals surface area contributed by atoms with Crippen molar-refractivity contribution in [1.29, 1.82) is 0 Å². The van der Waals surface area contributed by atoms with Crippen LogP contribution in [0, 0.1) is 0 Å². The first-order valence-corrected chi connectivity index (χ1v) is 12.5. The number of benzene rings is 2. The highest BCUT2D eigenvalue weighted by atomic mass is 32.1. The van der Waals surface area contributed by atoms with Crippen molar-refractivity contribution >= 4 is 17.2 Å². The van der Waals surface area contributed by atoms with Crippen molar-refractivity contribution in [2.75, 3.05) is 20.4 Å². The molecule has 3 aromatic rings. The van der Waals surface area contributed by atoms with Crippen LogP contribution in [0.5, 0.6) is 17.2 Å². The molecular weight excluding hydrogens is 450 g/mol. The van der Waals surface area contributed by atoms with Crippen LogP contribution in [0.3, 0.4) is 0 Å². The summed E-state index contributed by atoms with van der Waals surface area (Å²) in [5, 5.41) is 5.72. The van der Waals surface area contributed by atoms with E-state index in [4.69, 9.17) is 14.2 Å². The number of carbonyl (C=O) groups is 1. The third-order valence-electron chi connectivity index (χ3n) is 5.62. The van der Waals surface area contributed by atoms with Gasteiger partial charge < -0.3 is 19.5 Å². The molecule has 8 heteroatoms. The molecule has 1 N–H and O–H groups in total. The molecule has 1 aliphatic rings. The molecule has 0 spiro atoms. The lowest BCUT2D eigenvalue weighted by molar-refractivity contribution is 0.0948. The molecule has 2 heterocycles. The van der Waals surface area contributed by atoms with Crippen molar-refractivity contribution in [3.63, 3.8) is 0 Å². The molecule has 7 nitrogen and oxygen atoms in total. The Kier molecular flexibility index (Phi) is 8.38. The molecule has 1 aliphatic heterocycles. The van der Waals surface area contributed by atoms with Crippen molar-refractivity contribution in [1.82, 2.24) is 15.2 Å². The summed E-state index contributed by atoms with van der Waals surface area (Å²) >= 11 is 1.52. The Morgan fingerprint density at radius 3 is 2.62 bits per heavy atom. The molecule has 1 aromatic heterocycles. The fourth-order valence-electron chi connectivity index (χ4n) is 3.80. The summed E-state index contributed by atoms with van der Waals surface area (Å²) in [5.41, 5.74) is 2.79. The Balaban J connectivity index is 1.45. The number of aromatic nitrogens is 1. The number of ether oxygens (including phenoxy) is 3. The lowest BCUT2D eigenvalue weighted by Crippen LogP contribution is -2.25. The van der Waals surface area contributed by atoms with Gasteiger partial charge >= 0.3 is 0 Å².